The maximum Gasteiger partial charge on any atom is 0.255 e. The number of nitrogen functional groups attached to an aromatic ring is 1. The van der Waals surface area contributed by atoms with Gasteiger partial charge in [0, 0.05) is 29.9 Å². The molecule has 0 aliphatic rings. The van der Waals surface area contributed by atoms with E-state index >= 15 is 0 Å². The lowest BCUT2D eigenvalue weighted by Crippen LogP contribution is -2.22. The van der Waals surface area contributed by atoms with Crippen LogP contribution in [0, 0.1) is 0 Å². The lowest BCUT2D eigenvalue weighted by Gasteiger charge is -2.12. The zero-order chi connectivity index (χ0) is 19.9. The van der Waals surface area contributed by atoms with Crippen LogP contribution in [0.3, 0.4) is 0 Å². The minimum Gasteiger partial charge on any atom is -0.384 e. The summed E-state index contributed by atoms with van der Waals surface area (Å²) < 4.78 is 0. The van der Waals surface area contributed by atoms with Gasteiger partial charge in [-0.1, -0.05) is 42.5 Å². The number of aryl methyl sites for hydroxylation is 1. The predicted octanol–water partition coefficient (Wildman–Crippen LogP) is 3.12. The Hall–Kier alpha value is -3.51. The Bertz CT molecular complexity index is 956. The van der Waals surface area contributed by atoms with Crippen LogP contribution in [0.25, 0.3) is 0 Å². The SMILES string of the molecule is Nc1cc(NC(=O)c2ccc(C(N)C(=O)CCc3ccccc3)cc2)ccn1. The molecule has 0 saturated heterocycles. The van der Waals surface area contributed by atoms with Crippen molar-refractivity contribution in [1.29, 1.82) is 0 Å². The average molecular weight is 374 g/mol. The highest BCUT2D eigenvalue weighted by Gasteiger charge is 2.16. The summed E-state index contributed by atoms with van der Waals surface area (Å²) in [6.07, 6.45) is 2.55. The van der Waals surface area contributed by atoms with Crippen LogP contribution in [0.5, 0.6) is 0 Å². The molecule has 6 nitrogen and oxygen atoms in total. The van der Waals surface area contributed by atoms with Crippen LogP contribution in [0.2, 0.25) is 0 Å². The largest absolute Gasteiger partial charge is 0.384 e. The highest BCUT2D eigenvalue weighted by Crippen LogP contribution is 2.17. The van der Waals surface area contributed by atoms with Gasteiger partial charge in [0.1, 0.15) is 5.82 Å². The lowest BCUT2D eigenvalue weighted by molar-refractivity contribution is -0.120. The Morgan fingerprint density at radius 1 is 1.00 bits per heavy atom. The molecule has 0 spiro atoms. The Kier molecular flexibility index (Phi) is 6.14. The van der Waals surface area contributed by atoms with Gasteiger partial charge >= 0.3 is 0 Å². The number of hydrogen-bond donors (Lipinski definition) is 3. The van der Waals surface area contributed by atoms with Crippen LogP contribution in [0.4, 0.5) is 11.5 Å². The minimum atomic E-state index is -0.708. The van der Waals surface area contributed by atoms with Crippen molar-refractivity contribution >= 4 is 23.2 Å². The van der Waals surface area contributed by atoms with Crippen molar-refractivity contribution in [2.75, 3.05) is 11.1 Å². The number of nitrogens with one attached hydrogen (secondary N) is 1. The second-order valence-electron chi connectivity index (χ2n) is 6.48. The van der Waals surface area contributed by atoms with Crippen LogP contribution in [-0.2, 0) is 11.2 Å². The quantitative estimate of drug-likeness (QED) is 0.588. The third-order valence-electron chi connectivity index (χ3n) is 4.42. The van der Waals surface area contributed by atoms with E-state index in [1.165, 1.54) is 6.20 Å². The molecule has 5 N–H and O–H groups in total. The summed E-state index contributed by atoms with van der Waals surface area (Å²) in [5.74, 6) is 0.0163. The molecule has 0 bridgehead atoms. The molecule has 1 unspecified atom stereocenters. The zero-order valence-corrected chi connectivity index (χ0v) is 15.3. The number of nitrogens with two attached hydrogens (primary N) is 2. The van der Waals surface area contributed by atoms with Gasteiger partial charge in [-0.15, -0.1) is 0 Å². The minimum absolute atomic E-state index is 0.0340. The molecule has 1 atom stereocenters. The van der Waals surface area contributed by atoms with Crippen LogP contribution >= 0.6 is 0 Å². The Balaban J connectivity index is 1.59. The summed E-state index contributed by atoms with van der Waals surface area (Å²) in [6, 6.07) is 19.1. The van der Waals surface area contributed by atoms with Gasteiger partial charge in [-0.2, -0.15) is 0 Å². The van der Waals surface area contributed by atoms with E-state index in [2.05, 4.69) is 10.3 Å². The summed E-state index contributed by atoms with van der Waals surface area (Å²) in [7, 11) is 0. The van der Waals surface area contributed by atoms with Crippen molar-refractivity contribution in [3.8, 4) is 0 Å². The predicted molar refractivity (Wildman–Crippen MR) is 110 cm³/mol. The summed E-state index contributed by atoms with van der Waals surface area (Å²) >= 11 is 0. The first-order valence-corrected chi connectivity index (χ1v) is 8.98. The number of aromatic nitrogens is 1. The van der Waals surface area contributed by atoms with Crippen molar-refractivity contribution < 1.29 is 9.59 Å². The van der Waals surface area contributed by atoms with Crippen molar-refractivity contribution in [1.82, 2.24) is 4.98 Å². The molecular formula is C22H22N4O2. The maximum absolute atomic E-state index is 12.4. The third-order valence-corrected chi connectivity index (χ3v) is 4.42. The number of Topliss-reactive ketones (excluding diaryl/α,β-unsaturated/α-hetero) is 1. The van der Waals surface area contributed by atoms with Gasteiger partial charge in [-0.25, -0.2) is 4.98 Å². The second kappa shape index (κ2) is 8.92. The lowest BCUT2D eigenvalue weighted by atomic mass is 9.97. The number of anilines is 2. The van der Waals surface area contributed by atoms with Gasteiger partial charge in [-0.3, -0.25) is 9.59 Å². The molecular weight excluding hydrogens is 352 g/mol. The van der Waals surface area contributed by atoms with Crippen LogP contribution in [-0.4, -0.2) is 16.7 Å². The fourth-order valence-electron chi connectivity index (χ4n) is 2.82. The van der Waals surface area contributed by atoms with Crippen LogP contribution in [0.1, 0.15) is 33.9 Å². The van der Waals surface area contributed by atoms with Crippen molar-refractivity contribution in [3.63, 3.8) is 0 Å². The summed E-state index contributed by atoms with van der Waals surface area (Å²) in [5, 5.41) is 2.75. The van der Waals surface area contributed by atoms with Gasteiger partial charge in [0.15, 0.2) is 5.78 Å². The highest BCUT2D eigenvalue weighted by molar-refractivity contribution is 6.04. The molecule has 6 heteroatoms. The monoisotopic (exact) mass is 374 g/mol. The molecule has 3 rings (SSSR count). The third kappa shape index (κ3) is 5.02. The Labute approximate surface area is 163 Å². The summed E-state index contributed by atoms with van der Waals surface area (Å²) in [5.41, 5.74) is 14.5. The molecule has 0 aliphatic heterocycles. The summed E-state index contributed by atoms with van der Waals surface area (Å²) in [6.45, 7) is 0. The summed E-state index contributed by atoms with van der Waals surface area (Å²) in [4.78, 5) is 28.6. The van der Waals surface area contributed by atoms with Gasteiger partial charge in [0.05, 0.1) is 6.04 Å². The van der Waals surface area contributed by atoms with E-state index in [-0.39, 0.29) is 11.7 Å². The molecule has 1 amide bonds. The first-order valence-electron chi connectivity index (χ1n) is 8.98. The van der Waals surface area contributed by atoms with E-state index in [1.54, 1.807) is 36.4 Å². The average Bonchev–Trinajstić information content (AvgIpc) is 2.72. The smallest absolute Gasteiger partial charge is 0.255 e. The second-order valence-corrected chi connectivity index (χ2v) is 6.48. The molecule has 2 aromatic carbocycles. The number of pyridine rings is 1. The number of carbonyl (C=O) groups is 2. The number of hydrogen-bond acceptors (Lipinski definition) is 5. The number of rotatable bonds is 7. The molecule has 28 heavy (non-hydrogen) atoms. The first kappa shape index (κ1) is 19.3. The first-order chi connectivity index (χ1) is 13.5. The molecule has 1 aromatic heterocycles. The maximum atomic E-state index is 12.4. The fraction of sp³-hybridized carbons (Fsp3) is 0.136. The van der Waals surface area contributed by atoms with Crippen molar-refractivity contribution in [2.45, 2.75) is 18.9 Å². The van der Waals surface area contributed by atoms with Gasteiger partial charge in [0.25, 0.3) is 5.91 Å². The van der Waals surface area contributed by atoms with E-state index in [0.29, 0.717) is 35.5 Å². The van der Waals surface area contributed by atoms with Crippen molar-refractivity contribution in [2.24, 2.45) is 5.73 Å². The Morgan fingerprint density at radius 2 is 1.71 bits per heavy atom. The number of benzene rings is 2. The molecule has 0 fully saturated rings. The topological polar surface area (TPSA) is 111 Å². The highest BCUT2D eigenvalue weighted by atomic mass is 16.1. The number of nitrogens with zero attached hydrogens (tertiary/aromatic N) is 1. The van der Waals surface area contributed by atoms with E-state index in [0.717, 1.165) is 5.56 Å². The van der Waals surface area contributed by atoms with Crippen LogP contribution < -0.4 is 16.8 Å². The van der Waals surface area contributed by atoms with E-state index in [4.69, 9.17) is 11.5 Å². The molecule has 1 heterocycles. The van der Waals surface area contributed by atoms with Gasteiger partial charge in [0.2, 0.25) is 0 Å². The number of amides is 1. The normalized spacial score (nSPS) is 11.6. The van der Waals surface area contributed by atoms with Crippen LogP contribution in [0.15, 0.2) is 72.9 Å². The molecule has 3 aromatic rings. The van der Waals surface area contributed by atoms with Gasteiger partial charge in [-0.05, 0) is 35.7 Å². The van der Waals surface area contributed by atoms with E-state index in [1.807, 2.05) is 30.3 Å². The molecule has 0 aliphatic carbocycles. The molecule has 0 saturated carbocycles. The standard InChI is InChI=1S/C22H22N4O2/c23-20-14-18(12-13-25-20)26-22(28)17-9-7-16(8-10-17)21(24)19(27)11-6-15-4-2-1-3-5-15/h1-5,7-10,12-14,21H,6,11,24H2,(H3,23,25,26,28). The van der Waals surface area contributed by atoms with Gasteiger partial charge < -0.3 is 16.8 Å². The van der Waals surface area contributed by atoms with Crippen molar-refractivity contribution in [3.05, 3.63) is 89.6 Å². The molecule has 142 valence electrons. The number of carbonyl (C=O) groups excluding carboxylic acids is 2. The van der Waals surface area contributed by atoms with E-state index < -0.39 is 6.04 Å². The number of ketones is 1. The van der Waals surface area contributed by atoms with E-state index in [9.17, 15) is 9.59 Å². The Morgan fingerprint density at radius 3 is 2.39 bits per heavy atom. The fourth-order valence-corrected chi connectivity index (χ4v) is 2.82. The zero-order valence-electron chi connectivity index (χ0n) is 15.3. The molecule has 0 radical (unpaired) electrons.